The van der Waals surface area contributed by atoms with Crippen LogP contribution in [0.2, 0.25) is 5.02 Å². The molecule has 2 amide bonds. The van der Waals surface area contributed by atoms with E-state index in [-0.39, 0.29) is 10.6 Å². The fourth-order valence-electron chi connectivity index (χ4n) is 2.78. The van der Waals surface area contributed by atoms with E-state index < -0.39 is 30.2 Å². The van der Waals surface area contributed by atoms with Crippen molar-refractivity contribution in [3.8, 4) is 0 Å². The van der Waals surface area contributed by atoms with Gasteiger partial charge in [0.15, 0.2) is 6.61 Å². The van der Waals surface area contributed by atoms with Gasteiger partial charge in [-0.1, -0.05) is 11.6 Å². The molecule has 0 spiro atoms. The Balaban J connectivity index is 1.65. The van der Waals surface area contributed by atoms with E-state index in [0.29, 0.717) is 10.6 Å². The van der Waals surface area contributed by atoms with Gasteiger partial charge in [-0.3, -0.25) is 9.59 Å². The minimum Gasteiger partial charge on any atom is -0.452 e. The van der Waals surface area contributed by atoms with Gasteiger partial charge in [-0.05, 0) is 43.0 Å². The van der Waals surface area contributed by atoms with E-state index in [1.807, 2.05) is 0 Å². The monoisotopic (exact) mass is 396 g/mol. The first-order valence-corrected chi connectivity index (χ1v) is 8.92. The summed E-state index contributed by atoms with van der Waals surface area (Å²) >= 11 is 6.91. The number of anilines is 1. The van der Waals surface area contributed by atoms with Crippen molar-refractivity contribution in [2.45, 2.75) is 19.3 Å². The topological polar surface area (TPSA) is 98.5 Å². The van der Waals surface area contributed by atoms with Crippen LogP contribution in [0, 0.1) is 5.82 Å². The number of primary amides is 1. The predicted molar refractivity (Wildman–Crippen MR) is 95.2 cm³/mol. The number of nitrogens with two attached hydrogens (primary N) is 1. The highest BCUT2D eigenvalue weighted by atomic mass is 35.5. The second kappa shape index (κ2) is 7.43. The number of carbonyl (C=O) groups is 3. The first kappa shape index (κ1) is 18.3. The summed E-state index contributed by atoms with van der Waals surface area (Å²) in [6.45, 7) is -0.623. The molecule has 0 unspecified atom stereocenters. The molecule has 0 atom stereocenters. The number of ether oxygens (including phenoxy) is 1. The number of nitrogens with one attached hydrogen (secondary N) is 1. The van der Waals surface area contributed by atoms with Gasteiger partial charge in [-0.25, -0.2) is 9.18 Å². The molecule has 1 aliphatic carbocycles. The highest BCUT2D eigenvalue weighted by Gasteiger charge is 2.26. The summed E-state index contributed by atoms with van der Waals surface area (Å²) in [6.07, 6.45) is 2.52. The lowest BCUT2D eigenvalue weighted by Crippen LogP contribution is -2.23. The molecule has 1 aromatic carbocycles. The van der Waals surface area contributed by atoms with Crippen molar-refractivity contribution in [1.82, 2.24) is 0 Å². The SMILES string of the molecule is NC(=O)c1c(NC(=O)COC(=O)c2ccc(Cl)cc2F)sc2c1CCC2. The molecular weight excluding hydrogens is 383 g/mol. The van der Waals surface area contributed by atoms with Crippen LogP contribution < -0.4 is 11.1 Å². The van der Waals surface area contributed by atoms with Crippen molar-refractivity contribution in [2.24, 2.45) is 5.73 Å². The largest absolute Gasteiger partial charge is 0.452 e. The second-order valence-corrected chi connectivity index (χ2v) is 7.22. The standard InChI is InChI=1S/C17H14ClFN2O4S/c18-8-4-5-9(11(19)6-8)17(24)25-7-13(22)21-16-14(15(20)23)10-2-1-3-12(10)26-16/h4-6H,1-3,7H2,(H2,20,23)(H,21,22). The number of hydrogen-bond acceptors (Lipinski definition) is 5. The molecule has 0 fully saturated rings. The lowest BCUT2D eigenvalue weighted by molar-refractivity contribution is -0.119. The smallest absolute Gasteiger partial charge is 0.341 e. The third-order valence-electron chi connectivity index (χ3n) is 3.91. The molecule has 0 saturated carbocycles. The molecule has 3 N–H and O–H groups in total. The molecule has 1 aliphatic rings. The summed E-state index contributed by atoms with van der Waals surface area (Å²) in [6, 6.07) is 3.49. The fraction of sp³-hybridized carbons (Fsp3) is 0.235. The van der Waals surface area contributed by atoms with Gasteiger partial charge in [-0.2, -0.15) is 0 Å². The Morgan fingerprint density at radius 3 is 2.77 bits per heavy atom. The van der Waals surface area contributed by atoms with Crippen molar-refractivity contribution >= 4 is 45.7 Å². The zero-order valence-electron chi connectivity index (χ0n) is 13.4. The number of rotatable bonds is 5. The lowest BCUT2D eigenvalue weighted by Gasteiger charge is -2.08. The second-order valence-electron chi connectivity index (χ2n) is 5.67. The predicted octanol–water partition coefficient (Wildman–Crippen LogP) is 2.92. The van der Waals surface area contributed by atoms with Crippen molar-refractivity contribution < 1.29 is 23.5 Å². The van der Waals surface area contributed by atoms with E-state index in [4.69, 9.17) is 22.1 Å². The highest BCUT2D eigenvalue weighted by molar-refractivity contribution is 7.17. The minimum atomic E-state index is -0.988. The Bertz CT molecular complexity index is 912. The third-order valence-corrected chi connectivity index (χ3v) is 5.35. The van der Waals surface area contributed by atoms with E-state index in [2.05, 4.69) is 5.32 Å². The van der Waals surface area contributed by atoms with Crippen LogP contribution in [-0.2, 0) is 22.4 Å². The van der Waals surface area contributed by atoms with E-state index >= 15 is 0 Å². The van der Waals surface area contributed by atoms with Crippen LogP contribution in [0.3, 0.4) is 0 Å². The molecule has 9 heteroatoms. The Labute approximate surface area is 157 Å². The van der Waals surface area contributed by atoms with Gasteiger partial charge >= 0.3 is 5.97 Å². The minimum absolute atomic E-state index is 0.140. The third kappa shape index (κ3) is 3.71. The zero-order valence-corrected chi connectivity index (χ0v) is 15.0. The van der Waals surface area contributed by atoms with Crippen LogP contribution in [0.15, 0.2) is 18.2 Å². The van der Waals surface area contributed by atoms with Crippen LogP contribution in [0.4, 0.5) is 9.39 Å². The molecule has 6 nitrogen and oxygen atoms in total. The van der Waals surface area contributed by atoms with Crippen LogP contribution >= 0.6 is 22.9 Å². The first-order chi connectivity index (χ1) is 12.4. The van der Waals surface area contributed by atoms with Gasteiger partial charge in [-0.15, -0.1) is 11.3 Å². The Morgan fingerprint density at radius 1 is 1.31 bits per heavy atom. The van der Waals surface area contributed by atoms with Gasteiger partial charge in [0.25, 0.3) is 11.8 Å². The quantitative estimate of drug-likeness (QED) is 0.759. The average Bonchev–Trinajstić information content (AvgIpc) is 3.12. The molecule has 0 aliphatic heterocycles. The van der Waals surface area contributed by atoms with Gasteiger partial charge in [0.1, 0.15) is 10.8 Å². The number of esters is 1. The summed E-state index contributed by atoms with van der Waals surface area (Å²) < 4.78 is 18.5. The van der Waals surface area contributed by atoms with E-state index in [9.17, 15) is 18.8 Å². The van der Waals surface area contributed by atoms with E-state index in [1.54, 1.807) is 0 Å². The molecule has 3 rings (SSSR count). The van der Waals surface area contributed by atoms with Gasteiger partial charge in [0, 0.05) is 9.90 Å². The molecule has 0 radical (unpaired) electrons. The van der Waals surface area contributed by atoms with Crippen LogP contribution in [0.25, 0.3) is 0 Å². The summed E-state index contributed by atoms with van der Waals surface area (Å²) in [4.78, 5) is 36.6. The highest BCUT2D eigenvalue weighted by Crippen LogP contribution is 2.38. The maximum Gasteiger partial charge on any atom is 0.341 e. The maximum absolute atomic E-state index is 13.7. The Morgan fingerprint density at radius 2 is 2.08 bits per heavy atom. The number of thiophene rings is 1. The maximum atomic E-state index is 13.7. The fourth-order valence-corrected chi connectivity index (χ4v) is 4.25. The number of hydrogen-bond donors (Lipinski definition) is 2. The number of aryl methyl sites for hydroxylation is 1. The summed E-state index contributed by atoms with van der Waals surface area (Å²) in [5.74, 6) is -3.08. The molecule has 0 bridgehead atoms. The van der Waals surface area contributed by atoms with Crippen molar-refractivity contribution in [1.29, 1.82) is 0 Å². The van der Waals surface area contributed by atoms with Gasteiger partial charge in [0.2, 0.25) is 0 Å². The van der Waals surface area contributed by atoms with Crippen LogP contribution in [0.5, 0.6) is 0 Å². The van der Waals surface area contributed by atoms with E-state index in [1.165, 1.54) is 23.5 Å². The molecule has 1 aromatic heterocycles. The Hall–Kier alpha value is -2.45. The van der Waals surface area contributed by atoms with Crippen molar-refractivity contribution in [3.63, 3.8) is 0 Å². The van der Waals surface area contributed by atoms with Crippen LogP contribution in [0.1, 0.15) is 37.6 Å². The number of amides is 2. The molecule has 1 heterocycles. The normalized spacial score (nSPS) is 12.5. The summed E-state index contributed by atoms with van der Waals surface area (Å²) in [7, 11) is 0. The van der Waals surface area contributed by atoms with Gasteiger partial charge in [0.05, 0.1) is 11.1 Å². The van der Waals surface area contributed by atoms with Crippen LogP contribution in [-0.4, -0.2) is 24.4 Å². The molecule has 2 aromatic rings. The molecular formula is C17H14ClFN2O4S. The number of halogens is 2. The zero-order chi connectivity index (χ0) is 18.8. The number of carbonyl (C=O) groups excluding carboxylic acids is 3. The van der Waals surface area contributed by atoms with Gasteiger partial charge < -0.3 is 15.8 Å². The number of benzene rings is 1. The molecule has 26 heavy (non-hydrogen) atoms. The van der Waals surface area contributed by atoms with Crippen molar-refractivity contribution in [2.75, 3.05) is 11.9 Å². The molecule has 0 saturated heterocycles. The van der Waals surface area contributed by atoms with E-state index in [0.717, 1.165) is 35.8 Å². The Kier molecular flexibility index (Phi) is 5.24. The molecule has 136 valence electrons. The number of fused-ring (bicyclic) bond motifs is 1. The first-order valence-electron chi connectivity index (χ1n) is 7.73. The average molecular weight is 397 g/mol. The summed E-state index contributed by atoms with van der Waals surface area (Å²) in [5, 5.41) is 3.03. The van der Waals surface area contributed by atoms with Crippen molar-refractivity contribution in [3.05, 3.63) is 50.6 Å². The lowest BCUT2D eigenvalue weighted by atomic mass is 10.1. The summed E-state index contributed by atoms with van der Waals surface area (Å²) in [5.41, 5.74) is 6.27.